The van der Waals surface area contributed by atoms with E-state index in [1.807, 2.05) is 17.5 Å². The Morgan fingerprint density at radius 2 is 2.33 bits per heavy atom. The number of hydrogen-bond donors (Lipinski definition) is 2. The summed E-state index contributed by atoms with van der Waals surface area (Å²) in [5, 5.41) is 1.45. The van der Waals surface area contributed by atoms with Crippen molar-refractivity contribution >= 4 is 21.4 Å². The molecule has 3 N–H and O–H groups in total. The molecule has 0 aliphatic carbocycles. The number of nitrogens with one attached hydrogen (secondary N) is 1. The predicted molar refractivity (Wildman–Crippen MR) is 63.5 cm³/mol. The SMILES string of the molecule is CC(CN)S(=O)(=O)NCCc1cccs1. The van der Waals surface area contributed by atoms with Gasteiger partial charge in [0, 0.05) is 18.0 Å². The van der Waals surface area contributed by atoms with Crippen LogP contribution in [0.1, 0.15) is 11.8 Å². The van der Waals surface area contributed by atoms with Crippen molar-refractivity contribution in [3.8, 4) is 0 Å². The first kappa shape index (κ1) is 12.6. The van der Waals surface area contributed by atoms with Gasteiger partial charge in [-0.25, -0.2) is 13.1 Å². The maximum absolute atomic E-state index is 11.5. The number of rotatable bonds is 6. The Bertz CT molecular complexity index is 373. The molecule has 1 unspecified atom stereocenters. The van der Waals surface area contributed by atoms with Crippen LogP contribution >= 0.6 is 11.3 Å². The number of nitrogens with two attached hydrogens (primary N) is 1. The Hall–Kier alpha value is -0.430. The van der Waals surface area contributed by atoms with Crippen molar-refractivity contribution in [3.63, 3.8) is 0 Å². The zero-order valence-electron chi connectivity index (χ0n) is 8.64. The third-order valence-electron chi connectivity index (χ3n) is 2.12. The molecule has 0 amide bonds. The predicted octanol–water partition coefficient (Wildman–Crippen LogP) is 0.557. The van der Waals surface area contributed by atoms with Crippen molar-refractivity contribution in [3.05, 3.63) is 22.4 Å². The van der Waals surface area contributed by atoms with E-state index in [1.54, 1.807) is 18.3 Å². The molecule has 1 atom stereocenters. The largest absolute Gasteiger partial charge is 0.329 e. The highest BCUT2D eigenvalue weighted by molar-refractivity contribution is 7.90. The van der Waals surface area contributed by atoms with Crippen LogP contribution in [-0.2, 0) is 16.4 Å². The first-order chi connectivity index (χ1) is 7.06. The lowest BCUT2D eigenvalue weighted by Gasteiger charge is -2.11. The summed E-state index contributed by atoms with van der Waals surface area (Å²) in [5.74, 6) is 0. The summed E-state index contributed by atoms with van der Waals surface area (Å²) >= 11 is 1.63. The third kappa shape index (κ3) is 3.90. The molecule has 0 aliphatic heterocycles. The highest BCUT2D eigenvalue weighted by Crippen LogP contribution is 2.08. The second-order valence-electron chi connectivity index (χ2n) is 3.32. The quantitative estimate of drug-likeness (QED) is 0.772. The molecular weight excluding hydrogens is 232 g/mol. The van der Waals surface area contributed by atoms with Gasteiger partial charge in [0.15, 0.2) is 0 Å². The minimum Gasteiger partial charge on any atom is -0.329 e. The van der Waals surface area contributed by atoms with Gasteiger partial charge in [-0.05, 0) is 24.8 Å². The maximum Gasteiger partial charge on any atom is 0.215 e. The Morgan fingerprint density at radius 3 is 2.87 bits per heavy atom. The Balaban J connectivity index is 2.37. The molecule has 4 nitrogen and oxygen atoms in total. The van der Waals surface area contributed by atoms with E-state index < -0.39 is 15.3 Å². The molecule has 0 radical (unpaired) electrons. The zero-order chi connectivity index (χ0) is 11.3. The highest BCUT2D eigenvalue weighted by Gasteiger charge is 2.17. The summed E-state index contributed by atoms with van der Waals surface area (Å²) in [6, 6.07) is 3.95. The van der Waals surface area contributed by atoms with Gasteiger partial charge in [-0.1, -0.05) is 6.07 Å². The van der Waals surface area contributed by atoms with E-state index in [4.69, 9.17) is 5.73 Å². The molecular formula is C9H16N2O2S2. The Labute approximate surface area is 94.5 Å². The van der Waals surface area contributed by atoms with Crippen LogP contribution in [0.25, 0.3) is 0 Å². The van der Waals surface area contributed by atoms with Gasteiger partial charge in [0.1, 0.15) is 0 Å². The molecule has 0 aromatic carbocycles. The zero-order valence-corrected chi connectivity index (χ0v) is 10.3. The maximum atomic E-state index is 11.5. The standard InChI is InChI=1S/C9H16N2O2S2/c1-8(7-10)15(12,13)11-5-4-9-3-2-6-14-9/h2-3,6,8,11H,4-5,7,10H2,1H3. The molecule has 0 fully saturated rings. The third-order valence-corrected chi connectivity index (χ3v) is 4.91. The van der Waals surface area contributed by atoms with Crippen LogP contribution in [-0.4, -0.2) is 26.8 Å². The molecule has 1 rings (SSSR count). The van der Waals surface area contributed by atoms with Gasteiger partial charge in [0.25, 0.3) is 0 Å². The van der Waals surface area contributed by atoms with Crippen molar-refractivity contribution in [1.29, 1.82) is 0 Å². The van der Waals surface area contributed by atoms with Crippen LogP contribution in [0.15, 0.2) is 17.5 Å². The lowest BCUT2D eigenvalue weighted by atomic mass is 10.3. The fourth-order valence-electron chi connectivity index (χ4n) is 1.04. The molecule has 0 saturated carbocycles. The van der Waals surface area contributed by atoms with Gasteiger partial charge in [-0.15, -0.1) is 11.3 Å². The minimum atomic E-state index is -3.23. The Morgan fingerprint density at radius 1 is 1.60 bits per heavy atom. The van der Waals surface area contributed by atoms with E-state index in [2.05, 4.69) is 4.72 Å². The summed E-state index contributed by atoms with van der Waals surface area (Å²) in [4.78, 5) is 1.18. The lowest BCUT2D eigenvalue weighted by Crippen LogP contribution is -2.37. The van der Waals surface area contributed by atoms with E-state index in [0.717, 1.165) is 6.42 Å². The van der Waals surface area contributed by atoms with E-state index in [-0.39, 0.29) is 6.54 Å². The van der Waals surface area contributed by atoms with Gasteiger partial charge < -0.3 is 5.73 Å². The second-order valence-corrected chi connectivity index (χ2v) is 6.53. The van der Waals surface area contributed by atoms with Crippen LogP contribution in [0.2, 0.25) is 0 Å². The van der Waals surface area contributed by atoms with Gasteiger partial charge in [-0.3, -0.25) is 0 Å². The van der Waals surface area contributed by atoms with E-state index in [9.17, 15) is 8.42 Å². The molecule has 6 heteroatoms. The van der Waals surface area contributed by atoms with Crippen LogP contribution in [0.5, 0.6) is 0 Å². The summed E-state index contributed by atoms with van der Waals surface area (Å²) in [6.45, 7) is 2.19. The molecule has 86 valence electrons. The fraction of sp³-hybridized carbons (Fsp3) is 0.556. The van der Waals surface area contributed by atoms with E-state index in [0.29, 0.717) is 6.54 Å². The number of thiophene rings is 1. The summed E-state index contributed by atoms with van der Waals surface area (Å²) in [5.41, 5.74) is 5.31. The average Bonchev–Trinajstić information content (AvgIpc) is 2.69. The monoisotopic (exact) mass is 248 g/mol. The van der Waals surface area contributed by atoms with Crippen molar-refractivity contribution in [2.75, 3.05) is 13.1 Å². The van der Waals surface area contributed by atoms with E-state index >= 15 is 0 Å². The van der Waals surface area contributed by atoms with Crippen molar-refractivity contribution in [1.82, 2.24) is 4.72 Å². The fourth-order valence-corrected chi connectivity index (χ4v) is 2.67. The number of hydrogen-bond acceptors (Lipinski definition) is 4. The average molecular weight is 248 g/mol. The topological polar surface area (TPSA) is 72.2 Å². The summed E-state index contributed by atoms with van der Waals surface area (Å²) < 4.78 is 25.6. The molecule has 1 aromatic rings. The van der Waals surface area contributed by atoms with Crippen molar-refractivity contribution < 1.29 is 8.42 Å². The van der Waals surface area contributed by atoms with Gasteiger partial charge in [0.2, 0.25) is 10.0 Å². The van der Waals surface area contributed by atoms with Crippen LogP contribution < -0.4 is 10.5 Å². The molecule has 15 heavy (non-hydrogen) atoms. The smallest absolute Gasteiger partial charge is 0.215 e. The van der Waals surface area contributed by atoms with E-state index in [1.165, 1.54) is 4.88 Å². The first-order valence-corrected chi connectivity index (χ1v) is 7.20. The molecule has 0 saturated heterocycles. The lowest BCUT2D eigenvalue weighted by molar-refractivity contribution is 0.569. The Kier molecular flexibility index (Phi) is 4.72. The van der Waals surface area contributed by atoms with Gasteiger partial charge in [-0.2, -0.15) is 0 Å². The number of sulfonamides is 1. The molecule has 1 heterocycles. The molecule has 1 aromatic heterocycles. The van der Waals surface area contributed by atoms with Gasteiger partial charge >= 0.3 is 0 Å². The van der Waals surface area contributed by atoms with Crippen LogP contribution in [0.4, 0.5) is 0 Å². The highest BCUT2D eigenvalue weighted by atomic mass is 32.2. The van der Waals surface area contributed by atoms with Crippen molar-refractivity contribution in [2.24, 2.45) is 5.73 Å². The summed E-state index contributed by atoms with van der Waals surface area (Å²) in [6.07, 6.45) is 0.730. The van der Waals surface area contributed by atoms with Crippen LogP contribution in [0.3, 0.4) is 0 Å². The van der Waals surface area contributed by atoms with Crippen molar-refractivity contribution in [2.45, 2.75) is 18.6 Å². The van der Waals surface area contributed by atoms with Crippen LogP contribution in [0, 0.1) is 0 Å². The molecule has 0 aliphatic rings. The first-order valence-electron chi connectivity index (χ1n) is 4.77. The summed E-state index contributed by atoms with van der Waals surface area (Å²) in [7, 11) is -3.23. The van der Waals surface area contributed by atoms with Gasteiger partial charge in [0.05, 0.1) is 5.25 Å². The molecule has 0 bridgehead atoms. The minimum absolute atomic E-state index is 0.147. The molecule has 0 spiro atoms. The normalized spacial score (nSPS) is 14.0. The second kappa shape index (κ2) is 5.60.